The largest absolute Gasteiger partial charge is 0.398 e. The summed E-state index contributed by atoms with van der Waals surface area (Å²) in [5, 5.41) is 11.5. The number of nitrogen functional groups attached to an aromatic ring is 1. The number of nitrogens with one attached hydrogen (secondary N) is 1. The minimum absolute atomic E-state index is 0.568. The molecule has 5 nitrogen and oxygen atoms in total. The van der Waals surface area contributed by atoms with E-state index in [9.17, 15) is 0 Å². The number of hydrogen-bond acceptors (Lipinski definition) is 4. The molecule has 0 bridgehead atoms. The summed E-state index contributed by atoms with van der Waals surface area (Å²) in [5.74, 6) is 0. The first-order chi connectivity index (χ1) is 8.16. The van der Waals surface area contributed by atoms with Crippen LogP contribution in [-0.4, -0.2) is 21.5 Å². The summed E-state index contributed by atoms with van der Waals surface area (Å²) in [7, 11) is 0. The summed E-state index contributed by atoms with van der Waals surface area (Å²) in [6, 6.07) is 3.70. The van der Waals surface area contributed by atoms with Crippen LogP contribution in [0.1, 0.15) is 5.56 Å². The van der Waals surface area contributed by atoms with E-state index in [0.717, 1.165) is 24.3 Å². The smallest absolute Gasteiger partial charge is 0.0692 e. The van der Waals surface area contributed by atoms with Gasteiger partial charge in [0.05, 0.1) is 23.5 Å². The predicted octanol–water partition coefficient (Wildman–Crippen LogP) is 1.93. The number of anilines is 2. The van der Waals surface area contributed by atoms with Crippen LogP contribution in [0.15, 0.2) is 24.5 Å². The molecule has 1 heterocycles. The lowest BCUT2D eigenvalue weighted by atomic mass is 10.2. The first-order valence-corrected chi connectivity index (χ1v) is 5.68. The van der Waals surface area contributed by atoms with E-state index >= 15 is 0 Å². The van der Waals surface area contributed by atoms with Crippen molar-refractivity contribution in [2.75, 3.05) is 17.6 Å². The van der Waals surface area contributed by atoms with E-state index in [4.69, 9.17) is 17.3 Å². The maximum atomic E-state index is 5.97. The third-order valence-electron chi connectivity index (χ3n) is 2.47. The topological polar surface area (TPSA) is 68.8 Å². The van der Waals surface area contributed by atoms with Crippen LogP contribution in [0.2, 0.25) is 5.02 Å². The average Bonchev–Trinajstić information content (AvgIpc) is 2.78. The number of hydrogen-bond donors (Lipinski definition) is 2. The summed E-state index contributed by atoms with van der Waals surface area (Å²) < 4.78 is 1.77. The molecule has 0 saturated heterocycles. The lowest BCUT2D eigenvalue weighted by Gasteiger charge is -2.11. The molecular weight excluding hydrogens is 238 g/mol. The zero-order valence-corrected chi connectivity index (χ0v) is 10.3. The summed E-state index contributed by atoms with van der Waals surface area (Å²) in [4.78, 5) is 0. The van der Waals surface area contributed by atoms with Crippen molar-refractivity contribution in [1.29, 1.82) is 0 Å². The van der Waals surface area contributed by atoms with Gasteiger partial charge in [0.1, 0.15) is 0 Å². The Kier molecular flexibility index (Phi) is 3.49. The number of benzene rings is 1. The van der Waals surface area contributed by atoms with Gasteiger partial charge >= 0.3 is 0 Å². The fraction of sp³-hybridized carbons (Fsp3) is 0.273. The molecule has 0 aliphatic carbocycles. The van der Waals surface area contributed by atoms with Gasteiger partial charge in [0.25, 0.3) is 0 Å². The zero-order valence-electron chi connectivity index (χ0n) is 9.52. The average molecular weight is 252 g/mol. The molecule has 0 saturated carbocycles. The van der Waals surface area contributed by atoms with Gasteiger partial charge in [0, 0.05) is 18.4 Å². The second kappa shape index (κ2) is 5.05. The first kappa shape index (κ1) is 11.7. The monoisotopic (exact) mass is 251 g/mol. The first-order valence-electron chi connectivity index (χ1n) is 5.30. The highest BCUT2D eigenvalue weighted by Crippen LogP contribution is 2.26. The van der Waals surface area contributed by atoms with Crippen LogP contribution in [0.5, 0.6) is 0 Å². The molecule has 6 heteroatoms. The Morgan fingerprint density at radius 1 is 1.47 bits per heavy atom. The molecule has 0 amide bonds. The summed E-state index contributed by atoms with van der Waals surface area (Å²) >= 11 is 5.97. The number of halogens is 1. The van der Waals surface area contributed by atoms with Gasteiger partial charge in [0.15, 0.2) is 0 Å². The van der Waals surface area contributed by atoms with E-state index in [1.54, 1.807) is 10.9 Å². The van der Waals surface area contributed by atoms with Gasteiger partial charge in [-0.05, 0) is 24.6 Å². The third-order valence-corrected chi connectivity index (χ3v) is 2.80. The molecular formula is C11H14ClN5. The lowest BCUT2D eigenvalue weighted by Crippen LogP contribution is -2.11. The quantitative estimate of drug-likeness (QED) is 0.815. The Labute approximate surface area is 105 Å². The summed E-state index contributed by atoms with van der Waals surface area (Å²) in [5.41, 5.74) is 8.38. The predicted molar refractivity (Wildman–Crippen MR) is 69.1 cm³/mol. The highest BCUT2D eigenvalue weighted by Gasteiger charge is 2.03. The molecule has 17 heavy (non-hydrogen) atoms. The van der Waals surface area contributed by atoms with Crippen molar-refractivity contribution in [2.24, 2.45) is 0 Å². The number of aromatic nitrogens is 3. The molecule has 0 radical (unpaired) electrons. The maximum Gasteiger partial charge on any atom is 0.0692 e. The highest BCUT2D eigenvalue weighted by atomic mass is 35.5. The summed E-state index contributed by atoms with van der Waals surface area (Å²) in [6.45, 7) is 3.50. The van der Waals surface area contributed by atoms with Gasteiger partial charge in [-0.3, -0.25) is 4.68 Å². The fourth-order valence-corrected chi connectivity index (χ4v) is 1.72. The van der Waals surface area contributed by atoms with Crippen molar-refractivity contribution in [3.63, 3.8) is 0 Å². The highest BCUT2D eigenvalue weighted by molar-refractivity contribution is 6.33. The third kappa shape index (κ3) is 2.88. The van der Waals surface area contributed by atoms with E-state index in [0.29, 0.717) is 10.7 Å². The van der Waals surface area contributed by atoms with Crippen molar-refractivity contribution in [1.82, 2.24) is 15.0 Å². The Balaban J connectivity index is 1.97. The van der Waals surface area contributed by atoms with Crippen LogP contribution in [0, 0.1) is 6.92 Å². The molecule has 0 atom stereocenters. The molecule has 3 N–H and O–H groups in total. The van der Waals surface area contributed by atoms with Gasteiger partial charge in [0.2, 0.25) is 0 Å². The normalized spacial score (nSPS) is 10.5. The standard InChI is InChI=1S/C11H14ClN5/c1-8-6-10(13)9(12)7-11(8)14-2-4-17-5-3-15-16-17/h3,5-7,14H,2,4,13H2,1H3. The Morgan fingerprint density at radius 3 is 3.00 bits per heavy atom. The van der Waals surface area contributed by atoms with Crippen molar-refractivity contribution in [3.8, 4) is 0 Å². The van der Waals surface area contributed by atoms with E-state index in [1.807, 2.05) is 25.3 Å². The number of nitrogens with two attached hydrogens (primary N) is 1. The van der Waals surface area contributed by atoms with Gasteiger partial charge < -0.3 is 11.1 Å². The van der Waals surface area contributed by atoms with Crippen LogP contribution < -0.4 is 11.1 Å². The zero-order chi connectivity index (χ0) is 12.3. The maximum absolute atomic E-state index is 5.97. The molecule has 1 aromatic heterocycles. The molecule has 90 valence electrons. The molecule has 0 unspecified atom stereocenters. The van der Waals surface area contributed by atoms with Gasteiger partial charge in [-0.15, -0.1) is 5.10 Å². The molecule has 0 aliphatic rings. The summed E-state index contributed by atoms with van der Waals surface area (Å²) in [6.07, 6.45) is 3.48. The Morgan fingerprint density at radius 2 is 2.29 bits per heavy atom. The Hall–Kier alpha value is -1.75. The van der Waals surface area contributed by atoms with Crippen molar-refractivity contribution >= 4 is 23.0 Å². The van der Waals surface area contributed by atoms with Gasteiger partial charge in [-0.1, -0.05) is 16.8 Å². The van der Waals surface area contributed by atoms with Crippen LogP contribution in [-0.2, 0) is 6.54 Å². The van der Waals surface area contributed by atoms with Crippen LogP contribution in [0.4, 0.5) is 11.4 Å². The SMILES string of the molecule is Cc1cc(N)c(Cl)cc1NCCn1ccnn1. The number of aryl methyl sites for hydroxylation is 1. The molecule has 2 aromatic rings. The minimum Gasteiger partial charge on any atom is -0.398 e. The molecule has 2 rings (SSSR count). The van der Waals surface area contributed by atoms with E-state index in [-0.39, 0.29) is 0 Å². The molecule has 0 fully saturated rings. The number of rotatable bonds is 4. The Bertz CT molecular complexity index is 495. The molecule has 1 aromatic carbocycles. The number of nitrogens with zero attached hydrogens (tertiary/aromatic N) is 3. The molecule has 0 aliphatic heterocycles. The van der Waals surface area contributed by atoms with Gasteiger partial charge in [-0.25, -0.2) is 0 Å². The lowest BCUT2D eigenvalue weighted by molar-refractivity contribution is 0.609. The fourth-order valence-electron chi connectivity index (χ4n) is 1.55. The van der Waals surface area contributed by atoms with Crippen molar-refractivity contribution in [2.45, 2.75) is 13.5 Å². The second-order valence-corrected chi connectivity index (χ2v) is 4.19. The van der Waals surface area contributed by atoms with Crippen molar-refractivity contribution < 1.29 is 0 Å². The van der Waals surface area contributed by atoms with E-state index in [2.05, 4.69) is 15.6 Å². The van der Waals surface area contributed by atoms with Crippen LogP contribution in [0.3, 0.4) is 0 Å². The second-order valence-electron chi connectivity index (χ2n) is 3.78. The van der Waals surface area contributed by atoms with E-state index < -0.39 is 0 Å². The van der Waals surface area contributed by atoms with Crippen molar-refractivity contribution in [3.05, 3.63) is 35.1 Å². The van der Waals surface area contributed by atoms with Crippen LogP contribution in [0.25, 0.3) is 0 Å². The van der Waals surface area contributed by atoms with Gasteiger partial charge in [-0.2, -0.15) is 0 Å². The van der Waals surface area contributed by atoms with E-state index in [1.165, 1.54) is 0 Å². The van der Waals surface area contributed by atoms with Crippen LogP contribution >= 0.6 is 11.6 Å². The molecule has 0 spiro atoms. The minimum atomic E-state index is 0.568.